The molecule has 0 saturated carbocycles. The monoisotopic (exact) mass is 279 g/mol. The summed E-state index contributed by atoms with van der Waals surface area (Å²) in [6.45, 7) is 0. The summed E-state index contributed by atoms with van der Waals surface area (Å²) in [6, 6.07) is 9.45. The van der Waals surface area contributed by atoms with Crippen LogP contribution in [-0.2, 0) is 11.2 Å². The molecule has 1 aromatic carbocycles. The van der Waals surface area contributed by atoms with Crippen LogP contribution >= 0.6 is 15.9 Å². The Morgan fingerprint density at radius 1 is 1.31 bits per heavy atom. The molecule has 2 rings (SSSR count). The Morgan fingerprint density at radius 3 is 2.56 bits per heavy atom. The summed E-state index contributed by atoms with van der Waals surface area (Å²) in [5, 5.41) is 8.69. The number of aromatic nitrogens is 1. The van der Waals surface area contributed by atoms with E-state index in [0.29, 0.717) is 0 Å². The van der Waals surface area contributed by atoms with Crippen molar-refractivity contribution in [3.05, 3.63) is 52.8 Å². The fraction of sp³-hybridized carbons (Fsp3) is 0.0833. The van der Waals surface area contributed by atoms with Gasteiger partial charge in [-0.1, -0.05) is 6.07 Å². The van der Waals surface area contributed by atoms with Gasteiger partial charge in [0.05, 0.1) is 12.1 Å². The Labute approximate surface area is 101 Å². The molecule has 4 heteroatoms. The summed E-state index contributed by atoms with van der Waals surface area (Å²) in [7, 11) is 0. The first-order valence-corrected chi connectivity index (χ1v) is 5.59. The van der Waals surface area contributed by atoms with Crippen molar-refractivity contribution in [1.29, 1.82) is 0 Å². The van der Waals surface area contributed by atoms with E-state index < -0.39 is 5.97 Å². The summed E-state index contributed by atoms with van der Waals surface area (Å²) >= 11 is 3.44. The number of benzene rings is 1. The van der Waals surface area contributed by atoms with Crippen LogP contribution in [0.4, 0.5) is 0 Å². The van der Waals surface area contributed by atoms with Crippen LogP contribution < -0.4 is 0 Å². The number of nitrogens with zero attached hydrogens (tertiary/aromatic N) is 1. The summed E-state index contributed by atoms with van der Waals surface area (Å²) in [4.78, 5) is 10.6. The third-order valence-electron chi connectivity index (χ3n) is 2.25. The minimum Gasteiger partial charge on any atom is -0.481 e. The van der Waals surface area contributed by atoms with Gasteiger partial charge in [0.2, 0.25) is 0 Å². The van der Waals surface area contributed by atoms with Crippen LogP contribution in [0.2, 0.25) is 0 Å². The van der Waals surface area contributed by atoms with Gasteiger partial charge in [-0.3, -0.25) is 4.79 Å². The average Bonchev–Trinajstić information content (AvgIpc) is 2.69. The topological polar surface area (TPSA) is 42.2 Å². The van der Waals surface area contributed by atoms with Gasteiger partial charge in [0.1, 0.15) is 0 Å². The molecular weight excluding hydrogens is 270 g/mol. The van der Waals surface area contributed by atoms with Crippen LogP contribution in [0.5, 0.6) is 0 Å². The SMILES string of the molecule is O=C(O)Cc1ccc(-n2cccc2)c(Br)c1. The molecule has 1 heterocycles. The normalized spacial score (nSPS) is 10.3. The number of carboxylic acid groups (broad SMARTS) is 1. The molecule has 0 aliphatic rings. The van der Waals surface area contributed by atoms with Crippen LogP contribution in [0.15, 0.2) is 47.2 Å². The van der Waals surface area contributed by atoms with Gasteiger partial charge in [0, 0.05) is 16.9 Å². The molecular formula is C12H10BrNO2. The number of halogens is 1. The Hall–Kier alpha value is -1.55. The molecule has 0 saturated heterocycles. The molecule has 0 amide bonds. The Balaban J connectivity index is 2.34. The number of hydrogen-bond acceptors (Lipinski definition) is 1. The first kappa shape index (κ1) is 11.0. The largest absolute Gasteiger partial charge is 0.481 e. The predicted octanol–water partition coefficient (Wildman–Crippen LogP) is 2.87. The number of hydrogen-bond donors (Lipinski definition) is 1. The first-order valence-electron chi connectivity index (χ1n) is 4.80. The van der Waals surface area contributed by atoms with Crippen molar-refractivity contribution in [1.82, 2.24) is 4.57 Å². The van der Waals surface area contributed by atoms with Gasteiger partial charge < -0.3 is 9.67 Å². The van der Waals surface area contributed by atoms with Gasteiger partial charge in [-0.05, 0) is 45.8 Å². The van der Waals surface area contributed by atoms with Crippen LogP contribution in [0, 0.1) is 0 Å². The van der Waals surface area contributed by atoms with E-state index >= 15 is 0 Å². The molecule has 82 valence electrons. The highest BCUT2D eigenvalue weighted by Gasteiger charge is 2.05. The van der Waals surface area contributed by atoms with Crippen molar-refractivity contribution < 1.29 is 9.90 Å². The quantitative estimate of drug-likeness (QED) is 0.939. The van der Waals surface area contributed by atoms with Gasteiger partial charge in [0.25, 0.3) is 0 Å². The summed E-state index contributed by atoms with van der Waals surface area (Å²) in [6.07, 6.45) is 3.93. The zero-order valence-electron chi connectivity index (χ0n) is 8.43. The summed E-state index contributed by atoms with van der Waals surface area (Å²) in [5.41, 5.74) is 1.79. The maximum absolute atomic E-state index is 10.6. The fourth-order valence-corrected chi connectivity index (χ4v) is 2.17. The zero-order chi connectivity index (χ0) is 11.5. The number of carboxylic acids is 1. The van der Waals surface area contributed by atoms with E-state index in [-0.39, 0.29) is 6.42 Å². The van der Waals surface area contributed by atoms with Crippen LogP contribution in [0.1, 0.15) is 5.56 Å². The van der Waals surface area contributed by atoms with Crippen molar-refractivity contribution in [2.24, 2.45) is 0 Å². The molecule has 0 unspecified atom stereocenters. The van der Waals surface area contributed by atoms with Gasteiger partial charge in [0.15, 0.2) is 0 Å². The lowest BCUT2D eigenvalue weighted by molar-refractivity contribution is -0.136. The maximum Gasteiger partial charge on any atom is 0.307 e. The van der Waals surface area contributed by atoms with Gasteiger partial charge in [-0.2, -0.15) is 0 Å². The van der Waals surface area contributed by atoms with Crippen molar-refractivity contribution in [3.63, 3.8) is 0 Å². The number of aliphatic carboxylic acids is 1. The van der Waals surface area contributed by atoms with E-state index in [1.165, 1.54) is 0 Å². The third-order valence-corrected chi connectivity index (χ3v) is 2.89. The Morgan fingerprint density at radius 2 is 2.00 bits per heavy atom. The van der Waals surface area contributed by atoms with Crippen molar-refractivity contribution >= 4 is 21.9 Å². The van der Waals surface area contributed by atoms with Crippen LogP contribution in [0.3, 0.4) is 0 Å². The minimum absolute atomic E-state index is 0.0462. The highest BCUT2D eigenvalue weighted by atomic mass is 79.9. The van der Waals surface area contributed by atoms with Gasteiger partial charge in [-0.15, -0.1) is 0 Å². The zero-order valence-corrected chi connectivity index (χ0v) is 10.0. The molecule has 3 nitrogen and oxygen atoms in total. The van der Waals surface area contributed by atoms with Crippen LogP contribution in [0.25, 0.3) is 5.69 Å². The lowest BCUT2D eigenvalue weighted by Gasteiger charge is -2.07. The molecule has 0 bridgehead atoms. The van der Waals surface area contributed by atoms with Crippen LogP contribution in [-0.4, -0.2) is 15.6 Å². The second kappa shape index (κ2) is 4.53. The van der Waals surface area contributed by atoms with E-state index in [2.05, 4.69) is 15.9 Å². The molecule has 16 heavy (non-hydrogen) atoms. The molecule has 0 atom stereocenters. The van der Waals surface area contributed by atoms with E-state index in [1.807, 2.05) is 47.3 Å². The average molecular weight is 280 g/mol. The second-order valence-electron chi connectivity index (χ2n) is 3.45. The molecule has 1 aromatic heterocycles. The summed E-state index contributed by atoms with van der Waals surface area (Å²) < 4.78 is 2.86. The second-order valence-corrected chi connectivity index (χ2v) is 4.30. The number of rotatable bonds is 3. The maximum atomic E-state index is 10.6. The van der Waals surface area contributed by atoms with E-state index in [9.17, 15) is 4.79 Å². The van der Waals surface area contributed by atoms with Gasteiger partial charge in [-0.25, -0.2) is 0 Å². The lowest BCUT2D eigenvalue weighted by atomic mass is 10.1. The number of carbonyl (C=O) groups is 1. The lowest BCUT2D eigenvalue weighted by Crippen LogP contribution is -2.01. The Kier molecular flexibility index (Phi) is 3.10. The van der Waals surface area contributed by atoms with E-state index in [1.54, 1.807) is 0 Å². The standard InChI is InChI=1S/C12H10BrNO2/c13-10-7-9(8-12(15)16)3-4-11(10)14-5-1-2-6-14/h1-7H,8H2,(H,15,16). The highest BCUT2D eigenvalue weighted by Crippen LogP contribution is 2.22. The van der Waals surface area contributed by atoms with Gasteiger partial charge >= 0.3 is 5.97 Å². The highest BCUT2D eigenvalue weighted by molar-refractivity contribution is 9.10. The Bertz CT molecular complexity index is 506. The molecule has 0 aliphatic heterocycles. The molecule has 0 radical (unpaired) electrons. The van der Waals surface area contributed by atoms with Crippen molar-refractivity contribution in [2.75, 3.05) is 0 Å². The summed E-state index contributed by atoms with van der Waals surface area (Å²) in [5.74, 6) is -0.819. The molecule has 0 aliphatic carbocycles. The van der Waals surface area contributed by atoms with Crippen molar-refractivity contribution in [2.45, 2.75) is 6.42 Å². The first-order chi connectivity index (χ1) is 7.66. The van der Waals surface area contributed by atoms with E-state index in [0.717, 1.165) is 15.7 Å². The smallest absolute Gasteiger partial charge is 0.307 e. The molecule has 2 aromatic rings. The minimum atomic E-state index is -0.819. The fourth-order valence-electron chi connectivity index (χ4n) is 1.54. The molecule has 1 N–H and O–H groups in total. The third kappa shape index (κ3) is 2.33. The molecule has 0 spiro atoms. The van der Waals surface area contributed by atoms with E-state index in [4.69, 9.17) is 5.11 Å². The van der Waals surface area contributed by atoms with Crippen molar-refractivity contribution in [3.8, 4) is 5.69 Å². The predicted molar refractivity (Wildman–Crippen MR) is 64.8 cm³/mol. The molecule has 0 fully saturated rings.